The molecule has 0 radical (unpaired) electrons. The van der Waals surface area contributed by atoms with Crippen molar-refractivity contribution < 1.29 is 59.3 Å². The lowest BCUT2D eigenvalue weighted by atomic mass is 9.93. The molecule has 0 aliphatic carbocycles. The van der Waals surface area contributed by atoms with E-state index in [-0.39, 0.29) is 114 Å². The highest BCUT2D eigenvalue weighted by Gasteiger charge is 2.35. The number of alkyl halides is 1. The molecule has 4 aromatic rings. The molecule has 90 heavy (non-hydrogen) atoms. The summed E-state index contributed by atoms with van der Waals surface area (Å²) in [6, 6.07) is 13.6. The maximum absolute atomic E-state index is 13.3. The van der Waals surface area contributed by atoms with Gasteiger partial charge in [0.15, 0.2) is 5.69 Å². The topological polar surface area (TPSA) is 349 Å². The molecule has 502 valence electrons. The molecular formula is C63H98ClFN12O11S2. The van der Waals surface area contributed by atoms with Gasteiger partial charge in [-0.1, -0.05) is 152 Å². The molecule has 0 fully saturated rings. The van der Waals surface area contributed by atoms with Crippen LogP contribution >= 0.6 is 35.1 Å². The van der Waals surface area contributed by atoms with Crippen molar-refractivity contribution in [1.82, 2.24) is 25.1 Å². The Kier molecular flexibility index (Phi) is 38.9. The van der Waals surface area contributed by atoms with E-state index in [1.807, 2.05) is 93.5 Å². The average Bonchev–Trinajstić information content (AvgIpc) is 2.88. The molecule has 2 aromatic carbocycles. The summed E-state index contributed by atoms with van der Waals surface area (Å²) in [6.07, 6.45) is 2.12. The molecule has 3 unspecified atom stereocenters. The summed E-state index contributed by atoms with van der Waals surface area (Å²) in [5, 5.41) is 44.6. The summed E-state index contributed by atoms with van der Waals surface area (Å²) >= 11 is 2.24. The second-order valence-corrected chi connectivity index (χ2v) is 25.0. The molecule has 0 saturated carbocycles. The Morgan fingerprint density at radius 2 is 1.04 bits per heavy atom. The molecule has 6 N–H and O–H groups in total. The number of azide groups is 2. The lowest BCUT2D eigenvalue weighted by molar-refractivity contribution is -0.146. The van der Waals surface area contributed by atoms with Crippen LogP contribution in [0.4, 0.5) is 4.39 Å². The fourth-order valence-corrected chi connectivity index (χ4v) is 11.2. The number of rotatable bonds is 31. The molecule has 4 rings (SSSR count). The number of benzene rings is 2. The summed E-state index contributed by atoms with van der Waals surface area (Å²) in [5.41, 5.74) is 28.5. The third-order valence-electron chi connectivity index (χ3n) is 15.5. The number of aromatic nitrogens is 2. The first kappa shape index (κ1) is 81.3. The van der Waals surface area contributed by atoms with Gasteiger partial charge in [-0.2, -0.15) is 0 Å². The number of aliphatic hydroxyl groups is 2. The van der Waals surface area contributed by atoms with Gasteiger partial charge in [-0.05, 0) is 85.4 Å². The Labute approximate surface area is 546 Å². The van der Waals surface area contributed by atoms with Crippen molar-refractivity contribution in [1.29, 1.82) is 0 Å². The van der Waals surface area contributed by atoms with Crippen molar-refractivity contribution in [2.45, 2.75) is 183 Å². The predicted molar refractivity (Wildman–Crippen MR) is 353 cm³/mol. The van der Waals surface area contributed by atoms with Gasteiger partial charge in [0.25, 0.3) is 5.91 Å². The van der Waals surface area contributed by atoms with Gasteiger partial charge < -0.3 is 45.6 Å². The van der Waals surface area contributed by atoms with Crippen LogP contribution in [0.15, 0.2) is 69.5 Å². The SMILES string of the molecule is CCC(C)[C@H](N=[N+]=[N-])C(=O)N(C)C(C[C@@H](O)c1nc(C(=O)N[C@@H](Cc2ccc(C)cc2)C[C@H](C)C(=O)OC)cs1)C(C)C.CCC(C)[C@H](N=[N+]=[N-])C(=O)N(C)[C@H](C[C@@H](O)c1nc(C(=O)O)cs1)C(C)C.COC(=O)[C@@H](C)C[C@@H](N)Cc1ccc(C)cc1.Cl.[2H]CF. The van der Waals surface area contributed by atoms with Gasteiger partial charge >= 0.3 is 17.9 Å². The van der Waals surface area contributed by atoms with Crippen molar-refractivity contribution in [3.63, 3.8) is 0 Å². The molecule has 12 atom stereocenters. The number of carboxylic acid groups (broad SMARTS) is 1. The van der Waals surface area contributed by atoms with Crippen LogP contribution in [0.3, 0.4) is 0 Å². The van der Waals surface area contributed by atoms with E-state index in [2.05, 4.69) is 71.3 Å². The highest BCUT2D eigenvalue weighted by atomic mass is 35.5. The second-order valence-electron chi connectivity index (χ2n) is 23.2. The number of ether oxygens (including phenoxy) is 2. The largest absolute Gasteiger partial charge is 0.476 e. The number of carbonyl (C=O) groups is 6. The zero-order valence-corrected chi connectivity index (χ0v) is 57.4. The van der Waals surface area contributed by atoms with Gasteiger partial charge in [0.1, 0.15) is 40.0 Å². The van der Waals surface area contributed by atoms with Gasteiger partial charge in [-0.3, -0.25) is 28.4 Å². The molecule has 3 amide bonds. The van der Waals surface area contributed by atoms with Gasteiger partial charge in [0, 0.05) is 71.7 Å². The summed E-state index contributed by atoms with van der Waals surface area (Å²) in [6.45, 7) is 23.0. The number of esters is 2. The van der Waals surface area contributed by atoms with E-state index in [0.29, 0.717) is 42.1 Å². The number of carboxylic acids is 1. The molecular weight excluding hydrogens is 1220 g/mol. The summed E-state index contributed by atoms with van der Waals surface area (Å²) < 4.78 is 25.1. The van der Waals surface area contributed by atoms with Crippen LogP contribution in [0, 0.1) is 49.4 Å². The predicted octanol–water partition coefficient (Wildman–Crippen LogP) is 12.2. The smallest absolute Gasteiger partial charge is 0.355 e. The highest BCUT2D eigenvalue weighted by Crippen LogP contribution is 2.31. The molecule has 0 aliphatic rings. The number of aromatic carboxylic acids is 1. The first-order chi connectivity index (χ1) is 42.4. The number of carbonyl (C=O) groups excluding carboxylic acids is 5. The number of aliphatic hydroxyl groups excluding tert-OH is 2. The van der Waals surface area contributed by atoms with Crippen molar-refractivity contribution in [3.05, 3.63) is 124 Å². The summed E-state index contributed by atoms with van der Waals surface area (Å²) in [5.74, 6) is -3.45. The number of amides is 3. The number of hydrogen-bond donors (Lipinski definition) is 5. The number of hydrogen-bond acceptors (Lipinski definition) is 17. The number of halogens is 2. The average molecular weight is 1320 g/mol. The van der Waals surface area contributed by atoms with Crippen molar-refractivity contribution >= 4 is 70.7 Å². The van der Waals surface area contributed by atoms with Crippen molar-refractivity contribution in [2.24, 2.45) is 51.5 Å². The summed E-state index contributed by atoms with van der Waals surface area (Å²) in [7, 11) is 5.04. The molecule has 0 saturated heterocycles. The number of likely N-dealkylation sites (N-methyl/N-ethyl adjacent to an activating group) is 2. The fraction of sp³-hybridized carbons (Fsp3) is 0.619. The van der Waals surface area contributed by atoms with E-state index in [4.69, 9.17) is 28.0 Å². The molecule has 0 spiro atoms. The van der Waals surface area contributed by atoms with Gasteiger partial charge in [0.05, 0.1) is 34.6 Å². The highest BCUT2D eigenvalue weighted by molar-refractivity contribution is 7.10. The van der Waals surface area contributed by atoms with Crippen LogP contribution < -0.4 is 11.1 Å². The van der Waals surface area contributed by atoms with E-state index in [9.17, 15) is 43.4 Å². The molecule has 23 nitrogen and oxygen atoms in total. The van der Waals surface area contributed by atoms with E-state index in [1.165, 1.54) is 47.0 Å². The Bertz CT molecular complexity index is 2930. The minimum Gasteiger partial charge on any atom is -0.476 e. The standard InChI is InChI=1S/C31H46N6O5S.C17H27N5O4S.C14H21NO2.CH3F.ClH/c1-9-20(5)27(35-36-32)30(40)37(7)25(18(2)3)16-26(38)29-34-24(17-43-29)28(39)33-23(14-21(6)31(41)42-8)15-22-12-10-19(4)11-13-22;1-6-10(4)14(20-21-18)16(24)22(5)12(9(2)3)7-13(23)15-19-11(8-27-15)17(25)26;1-10-4-6-12(7-5-10)9-13(15)8-11(2)14(16)17-3;1-2;/h10-13,17-18,20-21,23,25-27,38H,9,14-16H2,1-8H3,(H,33,39);8-10,12-14,23H,6-7H2,1-5H3,(H,25,26);4-7,11,13H,8-9,15H2,1-3H3;1H3;1H/t20?,21-,23+,25?,26+,27-;10?,12-,13-,14+;11-,13+;;/m010../s1/i;;;1D;. The number of methoxy groups -OCH3 is 2. The van der Waals surface area contributed by atoms with E-state index in [0.717, 1.165) is 28.9 Å². The van der Waals surface area contributed by atoms with Crippen molar-refractivity contribution in [2.75, 3.05) is 35.5 Å². The third kappa shape index (κ3) is 27.8. The van der Waals surface area contributed by atoms with Gasteiger partial charge in [-0.25, -0.2) is 14.8 Å². The molecule has 2 heterocycles. The maximum Gasteiger partial charge on any atom is 0.355 e. The fourth-order valence-electron chi connectivity index (χ4n) is 9.66. The molecule has 0 bridgehead atoms. The normalized spacial score (nSPS) is 14.9. The number of nitrogens with zero attached hydrogens (tertiary/aromatic N) is 10. The summed E-state index contributed by atoms with van der Waals surface area (Å²) in [4.78, 5) is 90.8. The van der Waals surface area contributed by atoms with E-state index >= 15 is 0 Å². The Morgan fingerprint density at radius 1 is 0.678 bits per heavy atom. The zero-order chi connectivity index (χ0) is 68.5. The number of thiazole rings is 2. The van der Waals surface area contributed by atoms with E-state index < -0.39 is 49.2 Å². The van der Waals surface area contributed by atoms with Gasteiger partial charge in [0.2, 0.25) is 11.8 Å². The van der Waals surface area contributed by atoms with Crippen LogP contribution in [0.1, 0.15) is 175 Å². The Hall–Kier alpha value is -6.76. The number of nitrogens with two attached hydrogens (primary N) is 1. The maximum atomic E-state index is 13.3. The van der Waals surface area contributed by atoms with Gasteiger partial charge in [-0.15, -0.1) is 35.1 Å². The van der Waals surface area contributed by atoms with Crippen LogP contribution in [0.25, 0.3) is 20.9 Å². The lowest BCUT2D eigenvalue weighted by Crippen LogP contribution is -2.47. The lowest BCUT2D eigenvalue weighted by Gasteiger charge is -2.35. The van der Waals surface area contributed by atoms with Crippen molar-refractivity contribution in [3.8, 4) is 0 Å². The second kappa shape index (κ2) is 43.1. The molecule has 2 aromatic heterocycles. The monoisotopic (exact) mass is 1320 g/mol. The van der Waals surface area contributed by atoms with Crippen LogP contribution in [-0.2, 0) is 41.5 Å². The Morgan fingerprint density at radius 3 is 1.39 bits per heavy atom. The van der Waals surface area contributed by atoms with E-state index in [1.54, 1.807) is 31.3 Å². The van der Waals surface area contributed by atoms with Crippen LogP contribution in [0.5, 0.6) is 0 Å². The van der Waals surface area contributed by atoms with Crippen LogP contribution in [-0.4, -0.2) is 142 Å². The first-order valence-corrected chi connectivity index (χ1v) is 31.5. The third-order valence-corrected chi connectivity index (χ3v) is 17.4. The Balaban J connectivity index is 0.00000143. The number of nitrogens with one attached hydrogen (secondary N) is 1. The number of aryl methyl sites for hydroxylation is 2. The molecule has 27 heteroatoms. The van der Waals surface area contributed by atoms with Crippen LogP contribution in [0.2, 0.25) is 0 Å². The zero-order valence-electron chi connectivity index (χ0n) is 56.0. The minimum absolute atomic E-state index is 0. The first-order valence-electron chi connectivity index (χ1n) is 30.4. The quantitative estimate of drug-likeness (QED) is 0.0135. The molecule has 0 aliphatic heterocycles. The minimum atomic E-state index is -1.15.